The van der Waals surface area contributed by atoms with Crippen LogP contribution in [0.4, 0.5) is 0 Å². The minimum atomic E-state index is -1.22. The van der Waals surface area contributed by atoms with Crippen LogP contribution in [0.15, 0.2) is 27.6 Å². The smallest absolute Gasteiger partial charge is 0.144 e. The molecule has 1 aromatic rings. The SMILES string of the molecule is CCSc1ccc(C=NS(=O)C(C)(C)C)nc1. The van der Waals surface area contributed by atoms with Gasteiger partial charge in [0.05, 0.1) is 16.7 Å². The quantitative estimate of drug-likeness (QED) is 0.624. The maximum atomic E-state index is 11.7. The molecule has 1 atom stereocenters. The largest absolute Gasteiger partial charge is 0.254 e. The monoisotopic (exact) mass is 270 g/mol. The van der Waals surface area contributed by atoms with Gasteiger partial charge in [0.1, 0.15) is 11.0 Å². The van der Waals surface area contributed by atoms with E-state index in [1.165, 1.54) is 0 Å². The number of aromatic nitrogens is 1. The van der Waals surface area contributed by atoms with Crippen LogP contribution in [0.1, 0.15) is 33.4 Å². The number of hydrogen-bond acceptors (Lipinski definition) is 3. The number of rotatable bonds is 4. The Morgan fingerprint density at radius 2 is 2.18 bits per heavy atom. The fourth-order valence-electron chi connectivity index (χ4n) is 0.980. The van der Waals surface area contributed by atoms with Gasteiger partial charge in [-0.25, -0.2) is 4.21 Å². The predicted octanol–water partition coefficient (Wildman–Crippen LogP) is 3.07. The lowest BCUT2D eigenvalue weighted by Gasteiger charge is -2.12. The molecule has 94 valence electrons. The van der Waals surface area contributed by atoms with E-state index in [2.05, 4.69) is 16.3 Å². The maximum absolute atomic E-state index is 11.7. The second-order valence-electron chi connectivity index (χ2n) is 4.45. The van der Waals surface area contributed by atoms with Crippen LogP contribution in [0.5, 0.6) is 0 Å². The van der Waals surface area contributed by atoms with Gasteiger partial charge in [0.15, 0.2) is 0 Å². The molecule has 1 unspecified atom stereocenters. The third-order valence-corrected chi connectivity index (χ3v) is 4.08. The zero-order chi connectivity index (χ0) is 12.9. The summed E-state index contributed by atoms with van der Waals surface area (Å²) in [5, 5.41) is 0. The van der Waals surface area contributed by atoms with E-state index >= 15 is 0 Å². The molecule has 0 aliphatic carbocycles. The Hall–Kier alpha value is -0.680. The maximum Gasteiger partial charge on any atom is 0.144 e. The van der Waals surface area contributed by atoms with Crippen LogP contribution in [0.25, 0.3) is 0 Å². The van der Waals surface area contributed by atoms with Gasteiger partial charge in [0.25, 0.3) is 0 Å². The minimum Gasteiger partial charge on any atom is -0.254 e. The summed E-state index contributed by atoms with van der Waals surface area (Å²) in [6.45, 7) is 7.80. The first-order valence-corrected chi connectivity index (χ1v) is 7.57. The molecule has 0 spiro atoms. The zero-order valence-corrected chi connectivity index (χ0v) is 12.3. The van der Waals surface area contributed by atoms with Crippen molar-refractivity contribution in [2.75, 3.05) is 5.75 Å². The Labute approximate surface area is 110 Å². The molecule has 0 fully saturated rings. The Morgan fingerprint density at radius 3 is 2.65 bits per heavy atom. The van der Waals surface area contributed by atoms with Crippen LogP contribution in [-0.4, -0.2) is 25.9 Å². The summed E-state index contributed by atoms with van der Waals surface area (Å²) in [6.07, 6.45) is 3.39. The molecule has 5 heteroatoms. The molecule has 0 aromatic carbocycles. The summed E-state index contributed by atoms with van der Waals surface area (Å²) in [4.78, 5) is 5.39. The first-order valence-electron chi connectivity index (χ1n) is 5.48. The number of thioether (sulfide) groups is 1. The first-order chi connectivity index (χ1) is 7.93. The van der Waals surface area contributed by atoms with Crippen LogP contribution in [-0.2, 0) is 11.0 Å². The van der Waals surface area contributed by atoms with Gasteiger partial charge in [-0.05, 0) is 38.7 Å². The Balaban J connectivity index is 2.69. The fourth-order valence-corrected chi connectivity index (χ4v) is 2.12. The number of nitrogens with zero attached hydrogens (tertiary/aromatic N) is 2. The van der Waals surface area contributed by atoms with Crippen LogP contribution >= 0.6 is 11.8 Å². The van der Waals surface area contributed by atoms with Gasteiger partial charge in [0.2, 0.25) is 0 Å². The second kappa shape index (κ2) is 6.31. The molecule has 0 N–H and O–H groups in total. The Kier molecular flexibility index (Phi) is 5.33. The summed E-state index contributed by atoms with van der Waals surface area (Å²) in [5.41, 5.74) is 0.739. The van der Waals surface area contributed by atoms with E-state index in [1.807, 2.05) is 39.1 Å². The van der Waals surface area contributed by atoms with Crippen molar-refractivity contribution >= 4 is 29.0 Å². The van der Waals surface area contributed by atoms with Gasteiger partial charge in [-0.3, -0.25) is 4.98 Å². The van der Waals surface area contributed by atoms with E-state index in [0.29, 0.717) is 0 Å². The Morgan fingerprint density at radius 1 is 1.47 bits per heavy atom. The zero-order valence-electron chi connectivity index (χ0n) is 10.6. The normalized spacial score (nSPS) is 14.1. The molecule has 0 saturated heterocycles. The lowest BCUT2D eigenvalue weighted by molar-refractivity contribution is 0.651. The third-order valence-electron chi connectivity index (χ3n) is 1.87. The van der Waals surface area contributed by atoms with Crippen LogP contribution < -0.4 is 0 Å². The van der Waals surface area contributed by atoms with Gasteiger partial charge in [-0.15, -0.1) is 11.8 Å². The van der Waals surface area contributed by atoms with E-state index in [0.717, 1.165) is 16.3 Å². The van der Waals surface area contributed by atoms with Crippen molar-refractivity contribution in [1.82, 2.24) is 4.98 Å². The number of pyridine rings is 1. The number of hydrogen-bond donors (Lipinski definition) is 0. The summed E-state index contributed by atoms with van der Waals surface area (Å²) in [5.74, 6) is 1.03. The molecule has 0 aliphatic rings. The minimum absolute atomic E-state index is 0.325. The molecule has 0 bridgehead atoms. The lowest BCUT2D eigenvalue weighted by atomic mass is 10.3. The van der Waals surface area contributed by atoms with Gasteiger partial charge in [-0.1, -0.05) is 6.92 Å². The molecular formula is C12H18N2OS2. The highest BCUT2D eigenvalue weighted by Crippen LogP contribution is 2.16. The average molecular weight is 270 g/mol. The van der Waals surface area contributed by atoms with Crippen molar-refractivity contribution in [2.24, 2.45) is 4.40 Å². The van der Waals surface area contributed by atoms with E-state index < -0.39 is 11.0 Å². The van der Waals surface area contributed by atoms with E-state index in [-0.39, 0.29) is 4.75 Å². The lowest BCUT2D eigenvalue weighted by Crippen LogP contribution is -2.19. The highest BCUT2D eigenvalue weighted by Gasteiger charge is 2.18. The molecule has 1 aromatic heterocycles. The highest BCUT2D eigenvalue weighted by atomic mass is 32.2. The molecule has 0 saturated carbocycles. The molecule has 17 heavy (non-hydrogen) atoms. The van der Waals surface area contributed by atoms with Gasteiger partial charge in [0, 0.05) is 11.1 Å². The van der Waals surface area contributed by atoms with Gasteiger partial charge in [-0.2, -0.15) is 4.40 Å². The summed E-state index contributed by atoms with van der Waals surface area (Å²) in [7, 11) is -1.22. The molecule has 0 amide bonds. The fraction of sp³-hybridized carbons (Fsp3) is 0.500. The third kappa shape index (κ3) is 5.00. The molecular weight excluding hydrogens is 252 g/mol. The Bertz CT molecular complexity index is 408. The van der Waals surface area contributed by atoms with Crippen LogP contribution in [0.3, 0.4) is 0 Å². The summed E-state index contributed by atoms with van der Waals surface area (Å²) >= 11 is 1.75. The van der Waals surface area contributed by atoms with Crippen molar-refractivity contribution in [3.63, 3.8) is 0 Å². The summed E-state index contributed by atoms with van der Waals surface area (Å²) in [6, 6.07) is 3.89. The van der Waals surface area contributed by atoms with E-state index in [4.69, 9.17) is 0 Å². The van der Waals surface area contributed by atoms with Crippen molar-refractivity contribution < 1.29 is 4.21 Å². The molecule has 3 nitrogen and oxygen atoms in total. The molecule has 0 radical (unpaired) electrons. The first kappa shape index (κ1) is 14.4. The predicted molar refractivity (Wildman–Crippen MR) is 76.1 cm³/mol. The van der Waals surface area contributed by atoms with E-state index in [9.17, 15) is 4.21 Å². The molecule has 1 heterocycles. The van der Waals surface area contributed by atoms with Crippen molar-refractivity contribution in [3.05, 3.63) is 24.0 Å². The topological polar surface area (TPSA) is 42.3 Å². The van der Waals surface area contributed by atoms with Gasteiger partial charge < -0.3 is 0 Å². The van der Waals surface area contributed by atoms with Gasteiger partial charge >= 0.3 is 0 Å². The standard InChI is InChI=1S/C12H18N2OS2/c1-5-16-11-7-6-10(13-9-11)8-14-17(15)12(2,3)4/h6-9H,5H2,1-4H3. The molecule has 0 aliphatic heterocycles. The second-order valence-corrected chi connectivity index (χ2v) is 7.72. The molecule has 1 rings (SSSR count). The van der Waals surface area contributed by atoms with Crippen molar-refractivity contribution in [3.8, 4) is 0 Å². The van der Waals surface area contributed by atoms with Crippen LogP contribution in [0.2, 0.25) is 0 Å². The highest BCUT2D eigenvalue weighted by molar-refractivity contribution is 7.99. The average Bonchev–Trinajstić information content (AvgIpc) is 2.27. The van der Waals surface area contributed by atoms with Crippen molar-refractivity contribution in [1.29, 1.82) is 0 Å². The van der Waals surface area contributed by atoms with Crippen LogP contribution in [0, 0.1) is 0 Å². The van der Waals surface area contributed by atoms with E-state index in [1.54, 1.807) is 18.0 Å². The summed E-state index contributed by atoms with van der Waals surface area (Å²) < 4.78 is 15.4. The van der Waals surface area contributed by atoms with Crippen molar-refractivity contribution in [2.45, 2.75) is 37.3 Å².